The summed E-state index contributed by atoms with van der Waals surface area (Å²) in [5, 5.41) is 2.86. The minimum Gasteiger partial charge on any atom is -0.367 e. The number of halogens is 3. The van der Waals surface area contributed by atoms with E-state index in [9.17, 15) is 18.0 Å². The topological polar surface area (TPSA) is 38.3 Å². The Morgan fingerprint density at radius 2 is 1.62 bits per heavy atom. The van der Waals surface area contributed by atoms with Gasteiger partial charge in [0.1, 0.15) is 6.61 Å². The van der Waals surface area contributed by atoms with Crippen LogP contribution in [0.25, 0.3) is 0 Å². The molecule has 0 atom stereocenters. The average molecular weight is 337 g/mol. The number of carbonyl (C=O) groups excluding carboxylic acids is 1. The number of anilines is 1. The van der Waals surface area contributed by atoms with Gasteiger partial charge in [0.15, 0.2) is 0 Å². The van der Waals surface area contributed by atoms with Crippen LogP contribution < -0.4 is 5.32 Å². The third-order valence-electron chi connectivity index (χ3n) is 3.47. The second-order valence-electron chi connectivity index (χ2n) is 5.53. The zero-order valence-corrected chi connectivity index (χ0v) is 13.4. The Kier molecular flexibility index (Phi) is 5.62. The first-order valence-electron chi connectivity index (χ1n) is 7.37. The lowest BCUT2D eigenvalue weighted by Gasteiger charge is -2.12. The fourth-order valence-corrected chi connectivity index (χ4v) is 2.23. The van der Waals surface area contributed by atoms with Crippen molar-refractivity contribution in [2.45, 2.75) is 26.6 Å². The molecule has 1 amide bonds. The maximum absolute atomic E-state index is 12.3. The highest BCUT2D eigenvalue weighted by atomic mass is 19.4. The molecule has 0 heterocycles. The molecule has 0 fully saturated rings. The molecule has 2 rings (SSSR count). The summed E-state index contributed by atoms with van der Waals surface area (Å²) in [6.45, 7) is 2.37. The van der Waals surface area contributed by atoms with Crippen LogP contribution in [0.5, 0.6) is 0 Å². The summed E-state index contributed by atoms with van der Waals surface area (Å²) in [6.07, 6.45) is -4.34. The number of ether oxygens (including phenoxy) is 1. The van der Waals surface area contributed by atoms with E-state index in [1.165, 1.54) is 0 Å². The van der Waals surface area contributed by atoms with Gasteiger partial charge in [0.05, 0.1) is 6.61 Å². The Hall–Kier alpha value is -2.34. The van der Waals surface area contributed by atoms with Gasteiger partial charge in [0.2, 0.25) is 0 Å². The van der Waals surface area contributed by atoms with Gasteiger partial charge in [0, 0.05) is 11.3 Å². The highest BCUT2D eigenvalue weighted by Gasteiger charge is 2.27. The third-order valence-corrected chi connectivity index (χ3v) is 3.47. The van der Waals surface area contributed by atoms with Crippen molar-refractivity contribution < 1.29 is 22.7 Å². The number of para-hydroxylation sites is 1. The standard InChI is InChI=1S/C18H18F3NO2/c1-12-4-3-5-13(2)16(12)22-17(23)15-8-6-14(7-9-15)10-24-11-18(19,20)21/h3-9H,10-11H2,1-2H3,(H,22,23). The van der Waals surface area contributed by atoms with Crippen LogP contribution in [-0.4, -0.2) is 18.7 Å². The van der Waals surface area contributed by atoms with Crippen molar-refractivity contribution in [1.29, 1.82) is 0 Å². The Morgan fingerprint density at radius 1 is 1.04 bits per heavy atom. The van der Waals surface area contributed by atoms with Crippen molar-refractivity contribution in [1.82, 2.24) is 0 Å². The van der Waals surface area contributed by atoms with E-state index < -0.39 is 12.8 Å². The molecule has 3 nitrogen and oxygen atoms in total. The van der Waals surface area contributed by atoms with Crippen LogP contribution >= 0.6 is 0 Å². The van der Waals surface area contributed by atoms with Crippen LogP contribution in [0.15, 0.2) is 42.5 Å². The lowest BCUT2D eigenvalue weighted by atomic mass is 10.1. The molecular weight excluding hydrogens is 319 g/mol. The van der Waals surface area contributed by atoms with Crippen LogP contribution in [0.1, 0.15) is 27.0 Å². The molecule has 0 aliphatic rings. The van der Waals surface area contributed by atoms with E-state index in [0.29, 0.717) is 11.1 Å². The van der Waals surface area contributed by atoms with E-state index in [2.05, 4.69) is 10.1 Å². The Balaban J connectivity index is 1.99. The number of nitrogens with one attached hydrogen (secondary N) is 1. The van der Waals surface area contributed by atoms with Gasteiger partial charge in [-0.05, 0) is 42.7 Å². The number of hydrogen-bond acceptors (Lipinski definition) is 2. The van der Waals surface area contributed by atoms with Crippen molar-refractivity contribution in [3.05, 3.63) is 64.7 Å². The van der Waals surface area contributed by atoms with Gasteiger partial charge in [-0.3, -0.25) is 4.79 Å². The molecule has 1 N–H and O–H groups in total. The smallest absolute Gasteiger partial charge is 0.367 e. The van der Waals surface area contributed by atoms with Crippen molar-refractivity contribution >= 4 is 11.6 Å². The summed E-state index contributed by atoms with van der Waals surface area (Å²) in [6, 6.07) is 12.0. The maximum Gasteiger partial charge on any atom is 0.411 e. The molecule has 24 heavy (non-hydrogen) atoms. The molecule has 0 aliphatic heterocycles. The highest BCUT2D eigenvalue weighted by molar-refractivity contribution is 6.05. The molecule has 6 heteroatoms. The van der Waals surface area contributed by atoms with Crippen LogP contribution in [-0.2, 0) is 11.3 Å². The molecule has 0 unspecified atom stereocenters. The first kappa shape index (κ1) is 18.0. The predicted molar refractivity (Wildman–Crippen MR) is 86.0 cm³/mol. The monoisotopic (exact) mass is 337 g/mol. The molecule has 2 aromatic carbocycles. The summed E-state index contributed by atoms with van der Waals surface area (Å²) in [7, 11) is 0. The van der Waals surface area contributed by atoms with Gasteiger partial charge in [-0.25, -0.2) is 0 Å². The SMILES string of the molecule is Cc1cccc(C)c1NC(=O)c1ccc(COCC(F)(F)F)cc1. The van der Waals surface area contributed by atoms with Crippen molar-refractivity contribution in [3.63, 3.8) is 0 Å². The summed E-state index contributed by atoms with van der Waals surface area (Å²) in [5.74, 6) is -0.268. The van der Waals surface area contributed by atoms with Crippen molar-refractivity contribution in [3.8, 4) is 0 Å². The molecule has 0 aromatic heterocycles. The van der Waals surface area contributed by atoms with Gasteiger partial charge < -0.3 is 10.1 Å². The summed E-state index contributed by atoms with van der Waals surface area (Å²) in [5.41, 5.74) is 3.68. The normalized spacial score (nSPS) is 11.4. The number of hydrogen-bond donors (Lipinski definition) is 1. The quantitative estimate of drug-likeness (QED) is 0.863. The number of alkyl halides is 3. The molecule has 128 valence electrons. The molecule has 0 aliphatic carbocycles. The Bertz CT molecular complexity index is 689. The number of benzene rings is 2. The van der Waals surface area contributed by atoms with E-state index in [4.69, 9.17) is 0 Å². The van der Waals surface area contributed by atoms with Crippen LogP contribution in [0.2, 0.25) is 0 Å². The average Bonchev–Trinajstić information content (AvgIpc) is 2.50. The molecular formula is C18H18F3NO2. The summed E-state index contributed by atoms with van der Waals surface area (Å²) in [4.78, 5) is 12.3. The first-order chi connectivity index (χ1) is 11.3. The van der Waals surface area contributed by atoms with Gasteiger partial charge in [0.25, 0.3) is 5.91 Å². The van der Waals surface area contributed by atoms with Crippen molar-refractivity contribution in [2.24, 2.45) is 0 Å². The van der Waals surface area contributed by atoms with E-state index >= 15 is 0 Å². The molecule has 0 saturated carbocycles. The number of aryl methyl sites for hydroxylation is 2. The van der Waals surface area contributed by atoms with Crippen LogP contribution in [0.4, 0.5) is 18.9 Å². The largest absolute Gasteiger partial charge is 0.411 e. The van der Waals surface area contributed by atoms with Gasteiger partial charge >= 0.3 is 6.18 Å². The second-order valence-corrected chi connectivity index (χ2v) is 5.53. The van der Waals surface area contributed by atoms with Crippen LogP contribution in [0.3, 0.4) is 0 Å². The summed E-state index contributed by atoms with van der Waals surface area (Å²) >= 11 is 0. The lowest BCUT2D eigenvalue weighted by molar-refractivity contribution is -0.176. The van der Waals surface area contributed by atoms with E-state index in [1.807, 2.05) is 32.0 Å². The van der Waals surface area contributed by atoms with Crippen molar-refractivity contribution in [2.75, 3.05) is 11.9 Å². The number of carbonyl (C=O) groups is 1. The Morgan fingerprint density at radius 3 is 2.17 bits per heavy atom. The van der Waals surface area contributed by atoms with Gasteiger partial charge in [-0.15, -0.1) is 0 Å². The number of amides is 1. The second kappa shape index (κ2) is 7.49. The highest BCUT2D eigenvalue weighted by Crippen LogP contribution is 2.20. The maximum atomic E-state index is 12.3. The predicted octanol–water partition coefficient (Wildman–Crippen LogP) is 4.63. The fraction of sp³-hybridized carbons (Fsp3) is 0.278. The van der Waals surface area contributed by atoms with E-state index in [0.717, 1.165) is 16.8 Å². The molecule has 0 bridgehead atoms. The zero-order valence-electron chi connectivity index (χ0n) is 13.4. The fourth-order valence-electron chi connectivity index (χ4n) is 2.23. The van der Waals surface area contributed by atoms with E-state index in [1.54, 1.807) is 24.3 Å². The van der Waals surface area contributed by atoms with Crippen LogP contribution in [0, 0.1) is 13.8 Å². The zero-order chi connectivity index (χ0) is 17.7. The molecule has 0 radical (unpaired) electrons. The van der Waals surface area contributed by atoms with Gasteiger partial charge in [-0.2, -0.15) is 13.2 Å². The minimum atomic E-state index is -4.34. The minimum absolute atomic E-state index is 0.154. The molecule has 0 saturated heterocycles. The first-order valence-corrected chi connectivity index (χ1v) is 7.37. The van der Waals surface area contributed by atoms with Gasteiger partial charge in [-0.1, -0.05) is 30.3 Å². The molecule has 2 aromatic rings. The lowest BCUT2D eigenvalue weighted by Crippen LogP contribution is -2.17. The molecule has 0 spiro atoms. The number of rotatable bonds is 5. The summed E-state index contributed by atoms with van der Waals surface area (Å²) < 4.78 is 40.7. The third kappa shape index (κ3) is 5.09. The van der Waals surface area contributed by atoms with E-state index in [-0.39, 0.29) is 12.5 Å². The Labute approximate surface area is 138 Å².